The van der Waals surface area contributed by atoms with Crippen LogP contribution in [0, 0.1) is 11.6 Å². The van der Waals surface area contributed by atoms with Crippen LogP contribution >= 0.6 is 0 Å². The molecule has 0 unspecified atom stereocenters. The number of benzene rings is 1. The van der Waals surface area contributed by atoms with Crippen molar-refractivity contribution in [3.63, 3.8) is 0 Å². The quantitative estimate of drug-likeness (QED) is 0.570. The average molecular weight is 434 g/mol. The average Bonchev–Trinajstić information content (AvgIpc) is 3.24. The molecule has 2 aromatic heterocycles. The Morgan fingerprint density at radius 2 is 1.84 bits per heavy atom. The molecule has 1 atom stereocenters. The number of ether oxygens (including phenoxy) is 1. The van der Waals surface area contributed by atoms with Gasteiger partial charge in [0.25, 0.3) is 6.43 Å². The van der Waals surface area contributed by atoms with Gasteiger partial charge in [0.15, 0.2) is 0 Å². The Morgan fingerprint density at radius 1 is 1.10 bits per heavy atom. The van der Waals surface area contributed by atoms with E-state index in [2.05, 4.69) is 10.1 Å². The van der Waals surface area contributed by atoms with E-state index in [1.807, 2.05) is 0 Å². The van der Waals surface area contributed by atoms with Crippen LogP contribution in [0.1, 0.15) is 54.7 Å². The number of pyridine rings is 1. The van der Waals surface area contributed by atoms with Crippen molar-refractivity contribution in [2.45, 2.75) is 50.3 Å². The zero-order valence-corrected chi connectivity index (χ0v) is 16.2. The lowest BCUT2D eigenvalue weighted by Gasteiger charge is -2.34. The van der Waals surface area contributed by atoms with Crippen molar-refractivity contribution in [1.82, 2.24) is 19.3 Å². The lowest BCUT2D eigenvalue weighted by atomic mass is 9.89. The van der Waals surface area contributed by atoms with Crippen LogP contribution in [0.3, 0.4) is 0 Å². The molecule has 1 aliphatic carbocycles. The number of halogens is 4. The highest BCUT2D eigenvalue weighted by molar-refractivity contribution is 5.25. The molecule has 5 rings (SSSR count). The Morgan fingerprint density at radius 3 is 2.55 bits per heavy atom. The second kappa shape index (κ2) is 7.51. The third kappa shape index (κ3) is 3.60. The summed E-state index contributed by atoms with van der Waals surface area (Å²) in [5, 5.41) is 4.42. The Bertz CT molecular complexity index is 1170. The number of hydrogen-bond acceptors (Lipinski definition) is 4. The summed E-state index contributed by atoms with van der Waals surface area (Å²) >= 11 is 0. The molecule has 0 N–H and O–H groups in total. The van der Waals surface area contributed by atoms with Crippen LogP contribution < -0.4 is 10.4 Å². The lowest BCUT2D eigenvalue weighted by molar-refractivity contribution is 0.0579. The summed E-state index contributed by atoms with van der Waals surface area (Å²) in [5.74, 6) is -0.677. The van der Waals surface area contributed by atoms with Crippen LogP contribution in [0.2, 0.25) is 0 Å². The second-order valence-electron chi connectivity index (χ2n) is 7.86. The smallest absolute Gasteiger partial charge is 0.346 e. The molecule has 1 aliphatic heterocycles. The van der Waals surface area contributed by atoms with Gasteiger partial charge in [-0.05, 0) is 30.2 Å². The molecule has 162 valence electrons. The van der Waals surface area contributed by atoms with Crippen molar-refractivity contribution in [3.05, 3.63) is 75.6 Å². The minimum atomic E-state index is -2.61. The van der Waals surface area contributed by atoms with Gasteiger partial charge in [-0.3, -0.25) is 4.57 Å². The van der Waals surface area contributed by atoms with Gasteiger partial charge in [0.05, 0.1) is 12.1 Å². The van der Waals surface area contributed by atoms with E-state index in [-0.39, 0.29) is 29.3 Å². The fourth-order valence-electron chi connectivity index (χ4n) is 4.27. The molecule has 2 aliphatic rings. The molecule has 0 spiro atoms. The molecule has 1 saturated carbocycles. The van der Waals surface area contributed by atoms with E-state index >= 15 is 0 Å². The molecular formula is C21H18F4N4O2. The molecule has 1 aromatic carbocycles. The number of aryl methyl sites for hydroxylation is 1. The van der Waals surface area contributed by atoms with Crippen molar-refractivity contribution >= 4 is 0 Å². The predicted molar refractivity (Wildman–Crippen MR) is 101 cm³/mol. The third-order valence-corrected chi connectivity index (χ3v) is 5.84. The van der Waals surface area contributed by atoms with E-state index in [1.165, 1.54) is 39.7 Å². The number of alkyl halides is 2. The first kappa shape index (κ1) is 19.8. The highest BCUT2D eigenvalue weighted by Gasteiger charge is 2.38. The first-order valence-corrected chi connectivity index (χ1v) is 9.95. The Labute approximate surface area is 174 Å². The lowest BCUT2D eigenvalue weighted by Crippen LogP contribution is -2.41. The minimum Gasteiger partial charge on any atom is -0.474 e. The van der Waals surface area contributed by atoms with E-state index in [1.54, 1.807) is 0 Å². The molecule has 0 bridgehead atoms. The fraction of sp³-hybridized carbons (Fsp3) is 0.381. The van der Waals surface area contributed by atoms with Crippen molar-refractivity contribution in [1.29, 1.82) is 0 Å². The van der Waals surface area contributed by atoms with E-state index in [0.717, 1.165) is 6.07 Å². The van der Waals surface area contributed by atoms with Gasteiger partial charge in [-0.25, -0.2) is 32.0 Å². The van der Waals surface area contributed by atoms with Crippen LogP contribution in [0.15, 0.2) is 41.3 Å². The van der Waals surface area contributed by atoms with E-state index in [0.29, 0.717) is 37.1 Å². The van der Waals surface area contributed by atoms with Gasteiger partial charge >= 0.3 is 5.69 Å². The van der Waals surface area contributed by atoms with Crippen LogP contribution in [0.25, 0.3) is 0 Å². The maximum Gasteiger partial charge on any atom is 0.346 e. The zero-order valence-electron chi connectivity index (χ0n) is 16.2. The van der Waals surface area contributed by atoms with Crippen LogP contribution in [0.4, 0.5) is 17.6 Å². The minimum absolute atomic E-state index is 0.120. The second-order valence-corrected chi connectivity index (χ2v) is 7.86. The molecular weight excluding hydrogens is 416 g/mol. The first-order valence-electron chi connectivity index (χ1n) is 9.95. The van der Waals surface area contributed by atoms with E-state index in [9.17, 15) is 22.4 Å². The number of rotatable bonds is 5. The van der Waals surface area contributed by atoms with E-state index in [4.69, 9.17) is 4.74 Å². The number of fused-ring (bicyclic) bond motifs is 1. The van der Waals surface area contributed by atoms with Crippen LogP contribution in [0.5, 0.6) is 5.88 Å². The third-order valence-electron chi connectivity index (χ3n) is 5.84. The monoisotopic (exact) mass is 434 g/mol. The molecule has 3 heterocycles. The number of aromatic nitrogens is 4. The van der Waals surface area contributed by atoms with Crippen molar-refractivity contribution in [3.8, 4) is 5.88 Å². The van der Waals surface area contributed by atoms with Gasteiger partial charge in [0.1, 0.15) is 23.6 Å². The van der Waals surface area contributed by atoms with E-state index < -0.39 is 24.1 Å². The summed E-state index contributed by atoms with van der Waals surface area (Å²) in [5.41, 5.74) is -0.0939. The molecule has 31 heavy (non-hydrogen) atoms. The highest BCUT2D eigenvalue weighted by Crippen LogP contribution is 2.36. The Kier molecular flexibility index (Phi) is 4.79. The molecule has 3 aromatic rings. The Hall–Kier alpha value is -3.17. The van der Waals surface area contributed by atoms with Crippen LogP contribution in [-0.2, 0) is 6.42 Å². The first-order chi connectivity index (χ1) is 14.9. The molecule has 0 radical (unpaired) electrons. The van der Waals surface area contributed by atoms with Crippen molar-refractivity contribution in [2.75, 3.05) is 0 Å². The normalized spacial score (nSPS) is 22.4. The molecule has 1 fully saturated rings. The van der Waals surface area contributed by atoms with Gasteiger partial charge < -0.3 is 4.74 Å². The highest BCUT2D eigenvalue weighted by atomic mass is 19.3. The maximum absolute atomic E-state index is 13.6. The van der Waals surface area contributed by atoms with Crippen LogP contribution in [-0.4, -0.2) is 25.4 Å². The summed E-state index contributed by atoms with van der Waals surface area (Å²) in [6, 6.07) is 5.05. The molecule has 6 nitrogen and oxygen atoms in total. The SMILES string of the molecule is O=c1n(C2CC(Oc3cc(C(F)F)ccn3)C2)nc2n1[C@H](c1cc(F)cc(F)c1)CC2. The summed E-state index contributed by atoms with van der Waals surface area (Å²) in [4.78, 5) is 16.9. The van der Waals surface area contributed by atoms with Gasteiger partial charge in [-0.1, -0.05) is 0 Å². The Balaban J connectivity index is 1.31. The molecule has 10 heteroatoms. The fourth-order valence-corrected chi connectivity index (χ4v) is 4.27. The standard InChI is InChI=1S/C21H18F4N4O2/c22-13-5-12(6-14(23)8-13)17-1-2-18-27-29(21(30)28(17)18)15-9-16(10-15)31-19-7-11(20(24)25)3-4-26-19/h3-8,15-17,20H,1-2,9-10H2/t15?,16?,17-/m0/s1. The van der Waals surface area contributed by atoms with Crippen molar-refractivity contribution < 1.29 is 22.3 Å². The summed E-state index contributed by atoms with van der Waals surface area (Å²) in [6.45, 7) is 0. The predicted octanol–water partition coefficient (Wildman–Crippen LogP) is 3.97. The summed E-state index contributed by atoms with van der Waals surface area (Å²) in [7, 11) is 0. The number of hydrogen-bond donors (Lipinski definition) is 0. The van der Waals surface area contributed by atoms with Gasteiger partial charge in [-0.2, -0.15) is 5.10 Å². The molecule has 0 amide bonds. The topological polar surface area (TPSA) is 61.9 Å². The zero-order chi connectivity index (χ0) is 21.7. The molecule has 0 saturated heterocycles. The van der Waals surface area contributed by atoms with Crippen molar-refractivity contribution in [2.24, 2.45) is 0 Å². The summed E-state index contributed by atoms with van der Waals surface area (Å²) in [6.07, 6.45) is 0.443. The number of nitrogens with zero attached hydrogens (tertiary/aromatic N) is 4. The summed E-state index contributed by atoms with van der Waals surface area (Å²) < 4.78 is 61.4. The maximum atomic E-state index is 13.6. The van der Waals surface area contributed by atoms with Gasteiger partial charge in [-0.15, -0.1) is 0 Å². The van der Waals surface area contributed by atoms with Gasteiger partial charge in [0, 0.05) is 43.2 Å². The van der Waals surface area contributed by atoms with Gasteiger partial charge in [0.2, 0.25) is 5.88 Å². The largest absolute Gasteiger partial charge is 0.474 e.